The van der Waals surface area contributed by atoms with Crippen LogP contribution in [0.2, 0.25) is 0 Å². The maximum atomic E-state index is 12.4. The zero-order chi connectivity index (χ0) is 43.0. The van der Waals surface area contributed by atoms with Gasteiger partial charge in [0.25, 0.3) is 0 Å². The standard InChI is InChI=1S/C53H105NO5/c1-3-5-7-9-11-13-15-17-19-20-21-23-27-31-35-39-43-47-53(58)59-48-44-40-36-32-28-24-26-30-34-38-42-46-52(57)54-50(49-55)51(56)45-41-37-33-29-25-22-18-16-14-12-10-8-6-4-2/h50-51,55-56H,3-49H2,1-2H3,(H,54,57). The van der Waals surface area contributed by atoms with E-state index in [1.54, 1.807) is 0 Å². The summed E-state index contributed by atoms with van der Waals surface area (Å²) in [5.41, 5.74) is 0. The predicted octanol–water partition coefficient (Wildman–Crippen LogP) is 16.0. The van der Waals surface area contributed by atoms with Gasteiger partial charge in [0.15, 0.2) is 0 Å². The highest BCUT2D eigenvalue weighted by Gasteiger charge is 2.20. The second kappa shape index (κ2) is 49.5. The molecule has 3 N–H and O–H groups in total. The summed E-state index contributed by atoms with van der Waals surface area (Å²) in [5, 5.41) is 23.2. The minimum Gasteiger partial charge on any atom is -0.466 e. The number of carbonyl (C=O) groups is 2. The summed E-state index contributed by atoms with van der Waals surface area (Å²) >= 11 is 0. The highest BCUT2D eigenvalue weighted by Crippen LogP contribution is 2.17. The molecule has 0 aromatic carbocycles. The molecule has 0 heterocycles. The van der Waals surface area contributed by atoms with Crippen molar-refractivity contribution in [3.05, 3.63) is 0 Å². The largest absolute Gasteiger partial charge is 0.466 e. The van der Waals surface area contributed by atoms with Crippen LogP contribution in [0.3, 0.4) is 0 Å². The van der Waals surface area contributed by atoms with Crippen LogP contribution in [0.15, 0.2) is 0 Å². The van der Waals surface area contributed by atoms with Gasteiger partial charge in [-0.1, -0.05) is 264 Å². The Hall–Kier alpha value is -1.14. The van der Waals surface area contributed by atoms with Gasteiger partial charge in [-0.2, -0.15) is 0 Å². The summed E-state index contributed by atoms with van der Waals surface area (Å²) in [4.78, 5) is 24.5. The molecule has 0 saturated heterocycles. The average Bonchev–Trinajstić information content (AvgIpc) is 3.24. The van der Waals surface area contributed by atoms with Crippen LogP contribution >= 0.6 is 0 Å². The van der Waals surface area contributed by atoms with Gasteiger partial charge in [-0.15, -0.1) is 0 Å². The van der Waals surface area contributed by atoms with Crippen LogP contribution in [0.1, 0.15) is 303 Å². The first-order valence-corrected chi connectivity index (χ1v) is 26.8. The monoisotopic (exact) mass is 836 g/mol. The molecule has 352 valence electrons. The third kappa shape index (κ3) is 46.2. The summed E-state index contributed by atoms with van der Waals surface area (Å²) in [6, 6.07) is -0.553. The van der Waals surface area contributed by atoms with Gasteiger partial charge in [0.05, 0.1) is 25.4 Å². The molecule has 0 bridgehead atoms. The van der Waals surface area contributed by atoms with Gasteiger partial charge in [-0.25, -0.2) is 0 Å². The Balaban J connectivity index is 3.43. The molecular formula is C53H105NO5. The number of unbranched alkanes of at least 4 members (excludes halogenated alkanes) is 39. The topological polar surface area (TPSA) is 95.9 Å². The highest BCUT2D eigenvalue weighted by atomic mass is 16.5. The lowest BCUT2D eigenvalue weighted by Crippen LogP contribution is -2.45. The third-order valence-electron chi connectivity index (χ3n) is 12.7. The number of esters is 1. The van der Waals surface area contributed by atoms with Gasteiger partial charge in [-0.3, -0.25) is 9.59 Å². The van der Waals surface area contributed by atoms with E-state index in [0.717, 1.165) is 57.8 Å². The lowest BCUT2D eigenvalue weighted by atomic mass is 10.0. The van der Waals surface area contributed by atoms with Crippen molar-refractivity contribution in [2.45, 2.75) is 315 Å². The molecule has 2 atom stereocenters. The molecule has 0 fully saturated rings. The fourth-order valence-corrected chi connectivity index (χ4v) is 8.52. The fraction of sp³-hybridized carbons (Fsp3) is 0.962. The van der Waals surface area contributed by atoms with Crippen LogP contribution in [-0.2, 0) is 14.3 Å². The molecule has 1 amide bonds. The van der Waals surface area contributed by atoms with E-state index in [2.05, 4.69) is 19.2 Å². The maximum absolute atomic E-state index is 12.4. The van der Waals surface area contributed by atoms with Crippen molar-refractivity contribution in [3.8, 4) is 0 Å². The first-order valence-electron chi connectivity index (χ1n) is 26.8. The molecule has 2 unspecified atom stereocenters. The van der Waals surface area contributed by atoms with Crippen molar-refractivity contribution in [1.82, 2.24) is 5.32 Å². The van der Waals surface area contributed by atoms with E-state index < -0.39 is 12.1 Å². The van der Waals surface area contributed by atoms with Crippen LogP contribution in [0, 0.1) is 0 Å². The molecule has 0 aliphatic carbocycles. The zero-order valence-electron chi connectivity index (χ0n) is 40.0. The predicted molar refractivity (Wildman–Crippen MR) is 255 cm³/mol. The number of rotatable bonds is 50. The molecule has 0 rings (SSSR count). The summed E-state index contributed by atoms with van der Waals surface area (Å²) in [6.07, 6.45) is 55.0. The van der Waals surface area contributed by atoms with Crippen molar-refractivity contribution >= 4 is 11.9 Å². The highest BCUT2D eigenvalue weighted by molar-refractivity contribution is 5.76. The van der Waals surface area contributed by atoms with Crippen LogP contribution in [-0.4, -0.2) is 47.4 Å². The molecule has 0 saturated carbocycles. The van der Waals surface area contributed by atoms with Crippen LogP contribution in [0.4, 0.5) is 0 Å². The van der Waals surface area contributed by atoms with Crippen LogP contribution in [0.5, 0.6) is 0 Å². The Morgan fingerprint density at radius 2 is 0.695 bits per heavy atom. The van der Waals surface area contributed by atoms with Crippen molar-refractivity contribution in [2.24, 2.45) is 0 Å². The molecule has 0 radical (unpaired) electrons. The average molecular weight is 836 g/mol. The molecule has 0 aromatic heterocycles. The number of aliphatic hydroxyl groups is 2. The van der Waals surface area contributed by atoms with Gasteiger partial charge in [0.1, 0.15) is 0 Å². The van der Waals surface area contributed by atoms with E-state index in [9.17, 15) is 19.8 Å². The number of nitrogens with one attached hydrogen (secondary N) is 1. The molecular weight excluding hydrogens is 731 g/mol. The molecule has 0 aliphatic rings. The van der Waals surface area contributed by atoms with Crippen molar-refractivity contribution in [3.63, 3.8) is 0 Å². The summed E-state index contributed by atoms with van der Waals surface area (Å²) in [5.74, 6) is -0.0604. The second-order valence-electron chi connectivity index (χ2n) is 18.6. The van der Waals surface area contributed by atoms with E-state index in [-0.39, 0.29) is 18.5 Å². The lowest BCUT2D eigenvalue weighted by Gasteiger charge is -2.22. The zero-order valence-corrected chi connectivity index (χ0v) is 40.0. The van der Waals surface area contributed by atoms with Crippen LogP contribution in [0.25, 0.3) is 0 Å². The molecule has 59 heavy (non-hydrogen) atoms. The summed E-state index contributed by atoms with van der Waals surface area (Å²) in [7, 11) is 0. The van der Waals surface area contributed by atoms with Crippen LogP contribution < -0.4 is 5.32 Å². The Kier molecular flexibility index (Phi) is 48.6. The first kappa shape index (κ1) is 57.9. The Morgan fingerprint density at radius 1 is 0.407 bits per heavy atom. The van der Waals surface area contributed by atoms with Gasteiger partial charge in [0.2, 0.25) is 5.91 Å². The number of hydrogen-bond donors (Lipinski definition) is 3. The normalized spacial score (nSPS) is 12.5. The smallest absolute Gasteiger partial charge is 0.305 e. The van der Waals surface area contributed by atoms with E-state index in [1.807, 2.05) is 0 Å². The SMILES string of the molecule is CCCCCCCCCCCCCCCCCCCC(=O)OCCCCCCCCCCCCCC(=O)NC(CO)C(O)CCCCCCCCCCCCCCCC. The summed E-state index contributed by atoms with van der Waals surface area (Å²) in [6.45, 7) is 4.93. The second-order valence-corrected chi connectivity index (χ2v) is 18.6. The molecule has 0 aromatic rings. The first-order chi connectivity index (χ1) is 29.0. The fourth-order valence-electron chi connectivity index (χ4n) is 8.52. The number of ether oxygens (including phenoxy) is 1. The quantitative estimate of drug-likeness (QED) is 0.0419. The Morgan fingerprint density at radius 3 is 1.03 bits per heavy atom. The van der Waals surface area contributed by atoms with E-state index in [0.29, 0.717) is 25.9 Å². The number of amides is 1. The lowest BCUT2D eigenvalue weighted by molar-refractivity contribution is -0.143. The number of carbonyl (C=O) groups excluding carboxylic acids is 2. The summed E-state index contributed by atoms with van der Waals surface area (Å²) < 4.78 is 5.47. The number of aliphatic hydroxyl groups excluding tert-OH is 2. The van der Waals surface area contributed by atoms with E-state index in [4.69, 9.17) is 4.74 Å². The van der Waals surface area contributed by atoms with Gasteiger partial charge in [-0.05, 0) is 25.7 Å². The number of hydrogen-bond acceptors (Lipinski definition) is 5. The van der Waals surface area contributed by atoms with Crippen molar-refractivity contribution in [1.29, 1.82) is 0 Å². The molecule has 0 aliphatic heterocycles. The third-order valence-corrected chi connectivity index (χ3v) is 12.7. The van der Waals surface area contributed by atoms with E-state index >= 15 is 0 Å². The Labute approximate surface area is 368 Å². The maximum Gasteiger partial charge on any atom is 0.305 e. The molecule has 6 heteroatoms. The van der Waals surface area contributed by atoms with Crippen molar-refractivity contribution in [2.75, 3.05) is 13.2 Å². The Bertz CT molecular complexity index is 837. The van der Waals surface area contributed by atoms with Gasteiger partial charge in [0, 0.05) is 12.8 Å². The molecule has 6 nitrogen and oxygen atoms in total. The van der Waals surface area contributed by atoms with Gasteiger partial charge < -0.3 is 20.3 Å². The molecule has 0 spiro atoms. The minimum absolute atomic E-state index is 0.00896. The van der Waals surface area contributed by atoms with E-state index in [1.165, 1.54) is 212 Å². The minimum atomic E-state index is -0.674. The van der Waals surface area contributed by atoms with Crippen molar-refractivity contribution < 1.29 is 24.5 Å². The van der Waals surface area contributed by atoms with Gasteiger partial charge >= 0.3 is 5.97 Å².